The van der Waals surface area contributed by atoms with Crippen LogP contribution in [0.1, 0.15) is 176 Å². The second kappa shape index (κ2) is 47.0. The van der Waals surface area contributed by atoms with Gasteiger partial charge in [0.2, 0.25) is 0 Å². The van der Waals surface area contributed by atoms with Crippen LogP contribution in [-0.2, 0) is 0 Å². The van der Waals surface area contributed by atoms with Crippen molar-refractivity contribution >= 4 is 0 Å². The summed E-state index contributed by atoms with van der Waals surface area (Å²) in [6, 6.07) is 0. The third-order valence-electron chi connectivity index (χ3n) is 3.77. The van der Waals surface area contributed by atoms with E-state index in [0.29, 0.717) is 5.41 Å². The first-order chi connectivity index (χ1) is 13.7. The molecule has 0 saturated heterocycles. The van der Waals surface area contributed by atoms with Crippen molar-refractivity contribution < 1.29 is 0 Å². The Kier molecular flexibility index (Phi) is 74.7. The lowest BCUT2D eigenvalue weighted by atomic mass is 9.94. The summed E-state index contributed by atoms with van der Waals surface area (Å²) in [5.74, 6) is 2.65. The standard InChI is InChI=1S/2C6H14.C5H12.2C4H10.C3H8.C2H6/c1-5-6(2,3)4;1-4-6(3)5-2;1-4-5(2)3;1-4(2)3;1-3-4-2;1-3-2;1-2/h5H2,1-4H3;6H,4-5H2,1-3H3;5H,4H2,1-3H3;4H,1-3H3;3-4H2,1-2H3;3H2,1-2H3;1-2H3. The molecule has 0 heteroatoms. The van der Waals surface area contributed by atoms with Crippen LogP contribution in [0.5, 0.6) is 0 Å². The summed E-state index contributed by atoms with van der Waals surface area (Å²) < 4.78 is 0. The summed E-state index contributed by atoms with van der Waals surface area (Å²) in [6.45, 7) is 41.4. The third-order valence-corrected chi connectivity index (χ3v) is 3.77. The molecule has 0 aromatic rings. The fourth-order valence-electron chi connectivity index (χ4n) is 0.289. The maximum Gasteiger partial charge on any atom is -0.0385 e. The summed E-state index contributed by atoms with van der Waals surface area (Å²) in [7, 11) is 0. The van der Waals surface area contributed by atoms with E-state index in [1.807, 2.05) is 13.8 Å². The van der Waals surface area contributed by atoms with E-state index in [1.165, 1.54) is 44.9 Å². The van der Waals surface area contributed by atoms with Gasteiger partial charge in [-0.1, -0.05) is 176 Å². The van der Waals surface area contributed by atoms with Gasteiger partial charge in [0.1, 0.15) is 0 Å². The molecule has 194 valence electrons. The van der Waals surface area contributed by atoms with Gasteiger partial charge in [0, 0.05) is 0 Å². The van der Waals surface area contributed by atoms with Crippen LogP contribution in [0.15, 0.2) is 0 Å². The minimum absolute atomic E-state index is 0.542. The monoisotopic (exact) mass is 435 g/mol. The van der Waals surface area contributed by atoms with Crippen molar-refractivity contribution in [2.75, 3.05) is 0 Å². The van der Waals surface area contributed by atoms with Crippen LogP contribution in [-0.4, -0.2) is 0 Å². The summed E-state index contributed by atoms with van der Waals surface area (Å²) >= 11 is 0. The molecule has 0 heterocycles. The summed E-state index contributed by atoms with van der Waals surface area (Å²) in [4.78, 5) is 0. The molecule has 30 heavy (non-hydrogen) atoms. The maximum atomic E-state index is 2.28. The third kappa shape index (κ3) is 204. The Morgan fingerprint density at radius 2 is 0.700 bits per heavy atom. The molecule has 0 aromatic heterocycles. The van der Waals surface area contributed by atoms with Gasteiger partial charge in [0.05, 0.1) is 0 Å². The van der Waals surface area contributed by atoms with Crippen molar-refractivity contribution in [1.82, 2.24) is 0 Å². The van der Waals surface area contributed by atoms with Gasteiger partial charge in [-0.15, -0.1) is 0 Å². The Balaban J connectivity index is -0.0000000422. The number of unbranched alkanes of at least 4 members (excludes halogenated alkanes) is 1. The molecule has 0 atom stereocenters. The van der Waals surface area contributed by atoms with Crippen molar-refractivity contribution in [3.63, 3.8) is 0 Å². The van der Waals surface area contributed by atoms with E-state index in [-0.39, 0.29) is 0 Å². The topological polar surface area (TPSA) is 0 Å². The molecule has 0 N–H and O–H groups in total. The molecular formula is C30H74. The highest BCUT2D eigenvalue weighted by molar-refractivity contribution is 4.55. The number of hydrogen-bond acceptors (Lipinski definition) is 0. The average molecular weight is 435 g/mol. The van der Waals surface area contributed by atoms with Crippen LogP contribution < -0.4 is 0 Å². The second-order valence-corrected chi connectivity index (χ2v) is 10.1. The first-order valence-corrected chi connectivity index (χ1v) is 13.7. The predicted molar refractivity (Wildman–Crippen MR) is 153 cm³/mol. The van der Waals surface area contributed by atoms with Crippen molar-refractivity contribution in [2.24, 2.45) is 23.2 Å². The Morgan fingerprint density at radius 3 is 0.700 bits per heavy atom. The largest absolute Gasteiger partial charge is 0.0683 e. The summed E-state index contributed by atoms with van der Waals surface area (Å²) in [5, 5.41) is 0. The predicted octanol–water partition coefficient (Wildman–Crippen LogP) is 12.8. The van der Waals surface area contributed by atoms with Crippen LogP contribution in [0.25, 0.3) is 0 Å². The van der Waals surface area contributed by atoms with Crippen molar-refractivity contribution in [1.29, 1.82) is 0 Å². The van der Waals surface area contributed by atoms with E-state index in [1.54, 1.807) is 0 Å². The van der Waals surface area contributed by atoms with Crippen LogP contribution >= 0.6 is 0 Å². The lowest BCUT2D eigenvalue weighted by Gasteiger charge is -2.12. The molecule has 0 aliphatic rings. The zero-order valence-electron chi connectivity index (χ0n) is 26.2. The van der Waals surface area contributed by atoms with E-state index in [2.05, 4.69) is 118 Å². The molecule has 0 radical (unpaired) electrons. The second-order valence-electron chi connectivity index (χ2n) is 10.1. The lowest BCUT2D eigenvalue weighted by molar-refractivity contribution is 0.398. The van der Waals surface area contributed by atoms with E-state index >= 15 is 0 Å². The molecule has 0 aliphatic carbocycles. The molecule has 0 aliphatic heterocycles. The molecule has 0 amide bonds. The molecule has 0 unspecified atom stereocenters. The highest BCUT2D eigenvalue weighted by Gasteiger charge is 2.03. The molecule has 0 fully saturated rings. The smallest absolute Gasteiger partial charge is 0.0385 e. The van der Waals surface area contributed by atoms with Crippen LogP contribution in [0, 0.1) is 23.2 Å². The van der Waals surface area contributed by atoms with Gasteiger partial charge in [-0.3, -0.25) is 0 Å². The zero-order chi connectivity index (χ0) is 26.2. The van der Waals surface area contributed by atoms with Gasteiger partial charge in [-0.2, -0.15) is 0 Å². The fourth-order valence-corrected chi connectivity index (χ4v) is 0.289. The molecule has 0 spiro atoms. The van der Waals surface area contributed by atoms with Gasteiger partial charge in [0.25, 0.3) is 0 Å². The van der Waals surface area contributed by atoms with E-state index in [0.717, 1.165) is 17.8 Å². The molecule has 0 saturated carbocycles. The Morgan fingerprint density at radius 1 is 0.533 bits per heavy atom. The fraction of sp³-hybridized carbons (Fsp3) is 1.00. The molecule has 0 rings (SSSR count). The quantitative estimate of drug-likeness (QED) is 0.412. The highest BCUT2D eigenvalue weighted by Crippen LogP contribution is 2.16. The van der Waals surface area contributed by atoms with E-state index in [9.17, 15) is 0 Å². The molecule has 0 nitrogen and oxygen atoms in total. The molecule has 0 bridgehead atoms. The number of hydrogen-bond donors (Lipinski definition) is 0. The first-order valence-electron chi connectivity index (χ1n) is 13.7. The molecule has 0 aromatic carbocycles. The summed E-state index contributed by atoms with van der Waals surface area (Å²) in [5.41, 5.74) is 0.542. The van der Waals surface area contributed by atoms with E-state index < -0.39 is 0 Å². The van der Waals surface area contributed by atoms with Crippen molar-refractivity contribution in [2.45, 2.75) is 176 Å². The number of rotatable bonds is 4. The van der Waals surface area contributed by atoms with E-state index in [4.69, 9.17) is 0 Å². The van der Waals surface area contributed by atoms with Gasteiger partial charge < -0.3 is 0 Å². The van der Waals surface area contributed by atoms with Crippen LogP contribution in [0.2, 0.25) is 0 Å². The Bertz CT molecular complexity index is 174. The minimum atomic E-state index is 0.542. The zero-order valence-corrected chi connectivity index (χ0v) is 26.2. The van der Waals surface area contributed by atoms with Crippen LogP contribution in [0.3, 0.4) is 0 Å². The summed E-state index contributed by atoms with van der Waals surface area (Å²) in [6.07, 6.45) is 9.12. The van der Waals surface area contributed by atoms with Gasteiger partial charge in [-0.25, -0.2) is 0 Å². The lowest BCUT2D eigenvalue weighted by Crippen LogP contribution is -2.00. The molecular weight excluding hydrogens is 360 g/mol. The van der Waals surface area contributed by atoms with Crippen LogP contribution in [0.4, 0.5) is 0 Å². The SMILES string of the molecule is CC.CC(C)C.CCC.CCC(C)(C)C.CCC(C)C.CCC(C)CC.CCCC. The van der Waals surface area contributed by atoms with Crippen molar-refractivity contribution in [3.05, 3.63) is 0 Å². The maximum absolute atomic E-state index is 2.28. The first kappa shape index (κ1) is 47.7. The average Bonchev–Trinajstić information content (AvgIpc) is 2.69. The highest BCUT2D eigenvalue weighted by atomic mass is 14.1. The van der Waals surface area contributed by atoms with Gasteiger partial charge in [0.15, 0.2) is 0 Å². The Labute approximate surface area is 199 Å². The van der Waals surface area contributed by atoms with Gasteiger partial charge >= 0.3 is 0 Å². The van der Waals surface area contributed by atoms with Crippen molar-refractivity contribution in [3.8, 4) is 0 Å². The Hall–Kier alpha value is 0. The van der Waals surface area contributed by atoms with Gasteiger partial charge in [-0.05, 0) is 23.2 Å². The minimum Gasteiger partial charge on any atom is -0.0683 e. The normalized spacial score (nSPS) is 9.00.